The number of anilines is 1. The van der Waals surface area contributed by atoms with Gasteiger partial charge in [0, 0.05) is 14.1 Å². The number of carbonyl (C=O) groups is 3. The number of halogens is 1. The number of sulfonamides is 1. The van der Waals surface area contributed by atoms with Crippen LogP contribution in [0.5, 0.6) is 0 Å². The highest BCUT2D eigenvalue weighted by Gasteiger charge is 2.32. The van der Waals surface area contributed by atoms with E-state index in [1.165, 1.54) is 37.6 Å². The van der Waals surface area contributed by atoms with Crippen LogP contribution in [0.3, 0.4) is 0 Å². The van der Waals surface area contributed by atoms with Gasteiger partial charge in [0.25, 0.3) is 5.91 Å². The first kappa shape index (κ1) is 25.2. The normalized spacial score (nSPS) is 13.6. The van der Waals surface area contributed by atoms with Gasteiger partial charge in [0.2, 0.25) is 10.0 Å². The zero-order valence-corrected chi connectivity index (χ0v) is 20.6. The molecule has 1 heterocycles. The number of ether oxygens (including phenoxy) is 2. The molecule has 0 bridgehead atoms. The molecule has 1 saturated carbocycles. The molecular weight excluding hydrogens is 492 g/mol. The van der Waals surface area contributed by atoms with Crippen LogP contribution in [0.15, 0.2) is 28.5 Å². The Kier molecular flexibility index (Phi) is 7.78. The molecule has 3 rings (SSSR count). The second kappa shape index (κ2) is 10.2. The average Bonchev–Trinajstić information content (AvgIpc) is 3.52. The molecule has 12 heteroatoms. The van der Waals surface area contributed by atoms with Gasteiger partial charge < -0.3 is 14.8 Å². The fraction of sp³-hybridized carbons (Fsp3) is 0.381. The third-order valence-corrected chi connectivity index (χ3v) is 7.89. The van der Waals surface area contributed by atoms with Crippen LogP contribution in [-0.4, -0.2) is 57.9 Å². The van der Waals surface area contributed by atoms with E-state index in [0.717, 1.165) is 28.8 Å². The third-order valence-electron chi connectivity index (χ3n) is 4.84. The van der Waals surface area contributed by atoms with E-state index in [1.807, 2.05) is 5.38 Å². The molecule has 33 heavy (non-hydrogen) atoms. The monoisotopic (exact) mass is 514 g/mol. The van der Waals surface area contributed by atoms with Crippen molar-refractivity contribution in [2.75, 3.05) is 32.6 Å². The lowest BCUT2D eigenvalue weighted by Crippen LogP contribution is -2.23. The van der Waals surface area contributed by atoms with Crippen LogP contribution in [-0.2, 0) is 24.3 Å². The molecule has 1 amide bonds. The molecule has 1 aromatic carbocycles. The van der Waals surface area contributed by atoms with Crippen LogP contribution in [0.4, 0.5) is 5.00 Å². The van der Waals surface area contributed by atoms with E-state index in [9.17, 15) is 22.8 Å². The van der Waals surface area contributed by atoms with Crippen LogP contribution >= 0.6 is 22.9 Å². The summed E-state index contributed by atoms with van der Waals surface area (Å²) in [5.74, 6) is -1.86. The van der Waals surface area contributed by atoms with Gasteiger partial charge in [-0.05, 0) is 54.8 Å². The summed E-state index contributed by atoms with van der Waals surface area (Å²) in [5, 5.41) is 4.72. The summed E-state index contributed by atoms with van der Waals surface area (Å²) in [6, 6.07) is 3.63. The summed E-state index contributed by atoms with van der Waals surface area (Å²) < 4.78 is 35.8. The summed E-state index contributed by atoms with van der Waals surface area (Å²) >= 11 is 7.23. The Hall–Kier alpha value is -2.47. The summed E-state index contributed by atoms with van der Waals surface area (Å²) in [6.45, 7) is 1.24. The van der Waals surface area contributed by atoms with Gasteiger partial charge in [0.05, 0.1) is 27.7 Å². The fourth-order valence-electron chi connectivity index (χ4n) is 2.98. The smallest absolute Gasteiger partial charge is 0.341 e. The van der Waals surface area contributed by atoms with Gasteiger partial charge >= 0.3 is 11.9 Å². The quantitative estimate of drug-likeness (QED) is 0.508. The molecular formula is C21H23ClN2O7S2. The van der Waals surface area contributed by atoms with Crippen LogP contribution in [0.2, 0.25) is 5.02 Å². The molecule has 2 aromatic rings. The third kappa shape index (κ3) is 5.72. The van der Waals surface area contributed by atoms with Gasteiger partial charge in [-0.25, -0.2) is 22.3 Å². The van der Waals surface area contributed by atoms with Crippen LogP contribution in [0.1, 0.15) is 52.0 Å². The second-order valence-corrected chi connectivity index (χ2v) is 10.9. The van der Waals surface area contributed by atoms with Crippen LogP contribution < -0.4 is 5.32 Å². The molecule has 0 saturated heterocycles. The molecule has 0 aliphatic heterocycles. The molecule has 9 nitrogen and oxygen atoms in total. The number of hydrogen-bond acceptors (Lipinski definition) is 8. The molecule has 1 aliphatic carbocycles. The Bertz CT molecular complexity index is 1190. The van der Waals surface area contributed by atoms with Gasteiger partial charge in [-0.2, -0.15) is 0 Å². The van der Waals surface area contributed by atoms with E-state index in [0.29, 0.717) is 10.6 Å². The standard InChI is InChI=1S/C21H23ClN2O7S2/c1-4-30-21(27)18-15(12-5-6-12)11-32-19(18)23-17(25)10-31-20(26)14-9-13(7-8-16(14)22)33(28,29)24(2)3/h7-9,11-12H,4-6,10H2,1-3H3,(H,23,25). The first-order valence-corrected chi connectivity index (χ1v) is 12.7. The highest BCUT2D eigenvalue weighted by atomic mass is 35.5. The van der Waals surface area contributed by atoms with Gasteiger partial charge in [0.15, 0.2) is 6.61 Å². The maximum Gasteiger partial charge on any atom is 0.341 e. The van der Waals surface area contributed by atoms with E-state index in [4.69, 9.17) is 21.1 Å². The van der Waals surface area contributed by atoms with E-state index < -0.39 is 34.5 Å². The van der Waals surface area contributed by atoms with E-state index >= 15 is 0 Å². The van der Waals surface area contributed by atoms with Crippen LogP contribution in [0.25, 0.3) is 0 Å². The van der Waals surface area contributed by atoms with E-state index in [-0.39, 0.29) is 28.0 Å². The van der Waals surface area contributed by atoms with Gasteiger partial charge in [0.1, 0.15) is 5.00 Å². The number of esters is 2. The predicted octanol–water partition coefficient (Wildman–Crippen LogP) is 3.50. The zero-order chi connectivity index (χ0) is 24.3. The highest BCUT2D eigenvalue weighted by Crippen LogP contribution is 2.46. The fourth-order valence-corrected chi connectivity index (χ4v) is 5.15. The number of carbonyl (C=O) groups excluding carboxylic acids is 3. The van der Waals surface area contributed by atoms with Crippen molar-refractivity contribution in [2.24, 2.45) is 0 Å². The summed E-state index contributed by atoms with van der Waals surface area (Å²) in [5.41, 5.74) is 0.983. The molecule has 1 aliphatic rings. The number of benzene rings is 1. The zero-order valence-electron chi connectivity index (χ0n) is 18.2. The van der Waals surface area contributed by atoms with Crippen molar-refractivity contribution in [1.82, 2.24) is 4.31 Å². The van der Waals surface area contributed by atoms with E-state index in [2.05, 4.69) is 5.32 Å². The van der Waals surface area contributed by atoms with Gasteiger partial charge in [-0.15, -0.1) is 11.3 Å². The Morgan fingerprint density at radius 3 is 2.48 bits per heavy atom. The minimum atomic E-state index is -3.79. The number of amides is 1. The molecule has 1 fully saturated rings. The Morgan fingerprint density at radius 2 is 1.88 bits per heavy atom. The van der Waals surface area contributed by atoms with Crippen molar-refractivity contribution in [3.05, 3.63) is 45.3 Å². The number of hydrogen-bond donors (Lipinski definition) is 1. The maximum atomic E-state index is 12.5. The average molecular weight is 515 g/mol. The van der Waals surface area contributed by atoms with Crippen molar-refractivity contribution in [3.63, 3.8) is 0 Å². The van der Waals surface area contributed by atoms with Crippen molar-refractivity contribution >= 4 is 55.8 Å². The molecule has 0 radical (unpaired) electrons. The van der Waals surface area contributed by atoms with Crippen molar-refractivity contribution in [3.8, 4) is 0 Å². The van der Waals surface area contributed by atoms with Crippen molar-refractivity contribution in [2.45, 2.75) is 30.6 Å². The van der Waals surface area contributed by atoms with Gasteiger partial charge in [-0.1, -0.05) is 11.6 Å². The molecule has 178 valence electrons. The first-order chi connectivity index (χ1) is 15.6. The lowest BCUT2D eigenvalue weighted by molar-refractivity contribution is -0.119. The Labute approximate surface area is 200 Å². The number of rotatable bonds is 9. The minimum Gasteiger partial charge on any atom is -0.462 e. The SMILES string of the molecule is CCOC(=O)c1c(C2CC2)csc1NC(=O)COC(=O)c1cc(S(=O)(=O)N(C)C)ccc1Cl. The molecule has 1 aromatic heterocycles. The van der Waals surface area contributed by atoms with Crippen molar-refractivity contribution < 1.29 is 32.3 Å². The van der Waals surface area contributed by atoms with Gasteiger partial charge in [-0.3, -0.25) is 4.79 Å². The molecule has 0 unspecified atom stereocenters. The minimum absolute atomic E-state index is 0.0185. The topological polar surface area (TPSA) is 119 Å². The van der Waals surface area contributed by atoms with E-state index in [1.54, 1.807) is 6.92 Å². The molecule has 1 N–H and O–H groups in total. The number of nitrogens with zero attached hydrogens (tertiary/aromatic N) is 1. The second-order valence-electron chi connectivity index (χ2n) is 7.44. The van der Waals surface area contributed by atoms with Crippen molar-refractivity contribution in [1.29, 1.82) is 0 Å². The highest BCUT2D eigenvalue weighted by molar-refractivity contribution is 7.89. The summed E-state index contributed by atoms with van der Waals surface area (Å²) in [7, 11) is -1.08. The predicted molar refractivity (Wildman–Crippen MR) is 123 cm³/mol. The summed E-state index contributed by atoms with van der Waals surface area (Å²) in [4.78, 5) is 37.1. The maximum absolute atomic E-state index is 12.5. The Morgan fingerprint density at radius 1 is 1.18 bits per heavy atom. The number of nitrogens with one attached hydrogen (secondary N) is 1. The molecule has 0 atom stereocenters. The lowest BCUT2D eigenvalue weighted by atomic mass is 10.1. The largest absolute Gasteiger partial charge is 0.462 e. The molecule has 0 spiro atoms. The summed E-state index contributed by atoms with van der Waals surface area (Å²) in [6.07, 6.45) is 1.94. The Balaban J connectivity index is 1.70. The first-order valence-electron chi connectivity index (χ1n) is 10.0. The van der Waals surface area contributed by atoms with Crippen LogP contribution in [0, 0.1) is 0 Å². The lowest BCUT2D eigenvalue weighted by Gasteiger charge is -2.13. The number of thiophene rings is 1.